The highest BCUT2D eigenvalue weighted by molar-refractivity contribution is 6.10. The van der Waals surface area contributed by atoms with Gasteiger partial charge in [0.2, 0.25) is 0 Å². The summed E-state index contributed by atoms with van der Waals surface area (Å²) in [6, 6.07) is 18.9. The number of hydrogen-bond acceptors (Lipinski definition) is 4. The molecular weight excluding hydrogens is 316 g/mol. The smallest absolute Gasteiger partial charge is 0.337 e. The third kappa shape index (κ3) is 2.61. The number of ketones is 1. The van der Waals surface area contributed by atoms with E-state index in [2.05, 4.69) is 9.97 Å². The first-order chi connectivity index (χ1) is 12.1. The number of carbonyl (C=O) groups excluding carboxylic acids is 1. The molecule has 0 fully saturated rings. The van der Waals surface area contributed by atoms with Gasteiger partial charge in [0.15, 0.2) is 5.78 Å². The second-order valence-electron chi connectivity index (χ2n) is 5.60. The van der Waals surface area contributed by atoms with Crippen molar-refractivity contribution in [2.45, 2.75) is 0 Å². The molecule has 3 aromatic carbocycles. The van der Waals surface area contributed by atoms with Gasteiger partial charge in [-0.05, 0) is 30.3 Å². The van der Waals surface area contributed by atoms with Crippen LogP contribution in [-0.2, 0) is 0 Å². The van der Waals surface area contributed by atoms with E-state index in [1.54, 1.807) is 42.5 Å². The second kappa shape index (κ2) is 5.79. The number of fused-ring (bicyclic) bond motifs is 2. The number of carboxylic acids is 1. The number of para-hydroxylation sites is 1. The lowest BCUT2D eigenvalue weighted by atomic mass is 10.0. The van der Waals surface area contributed by atoms with Gasteiger partial charge < -0.3 is 5.11 Å². The van der Waals surface area contributed by atoms with E-state index in [-0.39, 0.29) is 11.3 Å². The summed E-state index contributed by atoms with van der Waals surface area (Å²) in [5.41, 5.74) is 3.14. The average molecular weight is 328 g/mol. The van der Waals surface area contributed by atoms with Crippen molar-refractivity contribution in [3.63, 3.8) is 0 Å². The molecule has 4 aromatic rings. The fraction of sp³-hybridized carbons (Fsp3) is 0. The van der Waals surface area contributed by atoms with Crippen molar-refractivity contribution < 1.29 is 14.7 Å². The second-order valence-corrected chi connectivity index (χ2v) is 5.60. The van der Waals surface area contributed by atoms with Crippen LogP contribution < -0.4 is 0 Å². The van der Waals surface area contributed by atoms with Crippen molar-refractivity contribution in [1.29, 1.82) is 0 Å². The first-order valence-electron chi connectivity index (χ1n) is 7.67. The molecule has 0 saturated heterocycles. The van der Waals surface area contributed by atoms with Crippen LogP contribution in [-0.4, -0.2) is 26.8 Å². The van der Waals surface area contributed by atoms with E-state index in [1.807, 2.05) is 18.2 Å². The molecule has 0 saturated carbocycles. The molecule has 0 spiro atoms. The molecule has 0 radical (unpaired) electrons. The Morgan fingerprint density at radius 2 is 1.52 bits per heavy atom. The van der Waals surface area contributed by atoms with Crippen molar-refractivity contribution in [2.75, 3.05) is 0 Å². The highest BCUT2D eigenvalue weighted by Gasteiger charge is 2.13. The van der Waals surface area contributed by atoms with Gasteiger partial charge in [-0.3, -0.25) is 4.79 Å². The van der Waals surface area contributed by atoms with Gasteiger partial charge >= 0.3 is 5.97 Å². The minimum absolute atomic E-state index is 0.0938. The van der Waals surface area contributed by atoms with E-state index in [4.69, 9.17) is 0 Å². The number of aromatic carboxylic acids is 1. The van der Waals surface area contributed by atoms with Crippen LogP contribution in [0.15, 0.2) is 66.7 Å². The van der Waals surface area contributed by atoms with Gasteiger partial charge in [-0.15, -0.1) is 0 Å². The SMILES string of the molecule is O=C(c1ccccc1)c1ccc2nc3c(C(=O)O)cccc3nc2c1. The number of nitrogens with zero attached hydrogens (tertiary/aromatic N) is 2. The number of aromatic nitrogens is 2. The van der Waals surface area contributed by atoms with Crippen LogP contribution in [0.4, 0.5) is 0 Å². The largest absolute Gasteiger partial charge is 0.478 e. The zero-order valence-corrected chi connectivity index (χ0v) is 13.0. The number of hydrogen-bond donors (Lipinski definition) is 1. The lowest BCUT2D eigenvalue weighted by Crippen LogP contribution is -2.03. The highest BCUT2D eigenvalue weighted by Crippen LogP contribution is 2.21. The Hall–Kier alpha value is -3.60. The Bertz CT molecular complexity index is 1140. The first kappa shape index (κ1) is 15.0. The fourth-order valence-electron chi connectivity index (χ4n) is 2.77. The lowest BCUT2D eigenvalue weighted by molar-refractivity contribution is 0.0698. The molecule has 0 unspecified atom stereocenters. The highest BCUT2D eigenvalue weighted by atomic mass is 16.4. The standard InChI is InChI=1S/C20H12N2O3/c23-19(12-5-2-1-3-6-12)13-9-10-15-17(11-13)21-16-8-4-7-14(20(24)25)18(16)22-15/h1-11H,(H,24,25). The Balaban J connectivity index is 1.88. The van der Waals surface area contributed by atoms with Crippen LogP contribution >= 0.6 is 0 Å². The monoisotopic (exact) mass is 328 g/mol. The van der Waals surface area contributed by atoms with Crippen molar-refractivity contribution in [3.05, 3.63) is 83.4 Å². The number of carbonyl (C=O) groups is 2. The molecule has 0 aliphatic rings. The molecule has 0 aliphatic heterocycles. The number of carboxylic acid groups (broad SMARTS) is 1. The summed E-state index contributed by atoms with van der Waals surface area (Å²) in [7, 11) is 0. The number of benzene rings is 3. The Morgan fingerprint density at radius 1 is 0.720 bits per heavy atom. The van der Waals surface area contributed by atoms with Crippen LogP contribution in [0.5, 0.6) is 0 Å². The molecule has 0 atom stereocenters. The van der Waals surface area contributed by atoms with Crippen molar-refractivity contribution in [3.8, 4) is 0 Å². The molecule has 0 amide bonds. The van der Waals surface area contributed by atoms with Crippen LogP contribution in [0.2, 0.25) is 0 Å². The molecule has 0 bridgehead atoms. The lowest BCUT2D eigenvalue weighted by Gasteiger charge is -2.06. The van der Waals surface area contributed by atoms with E-state index in [1.165, 1.54) is 6.07 Å². The van der Waals surface area contributed by atoms with Crippen LogP contribution in [0.3, 0.4) is 0 Å². The summed E-state index contributed by atoms with van der Waals surface area (Å²) >= 11 is 0. The minimum Gasteiger partial charge on any atom is -0.478 e. The summed E-state index contributed by atoms with van der Waals surface area (Å²) in [5, 5.41) is 9.29. The number of rotatable bonds is 3. The maximum atomic E-state index is 12.6. The summed E-state index contributed by atoms with van der Waals surface area (Å²) < 4.78 is 0. The van der Waals surface area contributed by atoms with Gasteiger partial charge in [0.1, 0.15) is 5.52 Å². The molecule has 1 heterocycles. The van der Waals surface area contributed by atoms with Crippen LogP contribution in [0, 0.1) is 0 Å². The van der Waals surface area contributed by atoms with Crippen LogP contribution in [0.1, 0.15) is 26.3 Å². The average Bonchev–Trinajstić information content (AvgIpc) is 2.65. The summed E-state index contributed by atoms with van der Waals surface area (Å²) in [6.07, 6.45) is 0. The Morgan fingerprint density at radius 3 is 2.28 bits per heavy atom. The molecule has 5 nitrogen and oxygen atoms in total. The predicted molar refractivity (Wildman–Crippen MR) is 93.9 cm³/mol. The van der Waals surface area contributed by atoms with Gasteiger partial charge in [-0.25, -0.2) is 14.8 Å². The van der Waals surface area contributed by atoms with Gasteiger partial charge in [0, 0.05) is 11.1 Å². The summed E-state index contributed by atoms with van der Waals surface area (Å²) in [6.45, 7) is 0. The van der Waals surface area contributed by atoms with Crippen molar-refractivity contribution in [2.24, 2.45) is 0 Å². The van der Waals surface area contributed by atoms with Crippen LogP contribution in [0.25, 0.3) is 22.1 Å². The van der Waals surface area contributed by atoms with E-state index >= 15 is 0 Å². The zero-order valence-electron chi connectivity index (χ0n) is 13.0. The quantitative estimate of drug-likeness (QED) is 0.458. The predicted octanol–water partition coefficient (Wildman–Crippen LogP) is 3.71. The third-order valence-corrected chi connectivity index (χ3v) is 3.99. The molecule has 4 rings (SSSR count). The molecule has 1 N–H and O–H groups in total. The molecule has 25 heavy (non-hydrogen) atoms. The normalized spacial score (nSPS) is 10.9. The van der Waals surface area contributed by atoms with Gasteiger partial charge in [0.25, 0.3) is 0 Å². The molecule has 120 valence electrons. The van der Waals surface area contributed by atoms with E-state index in [0.717, 1.165) is 0 Å². The minimum atomic E-state index is -1.05. The van der Waals surface area contributed by atoms with Gasteiger partial charge in [0.05, 0.1) is 22.1 Å². The molecule has 1 aromatic heterocycles. The maximum Gasteiger partial charge on any atom is 0.337 e. The fourth-order valence-corrected chi connectivity index (χ4v) is 2.77. The van der Waals surface area contributed by atoms with E-state index < -0.39 is 5.97 Å². The topological polar surface area (TPSA) is 80.2 Å². The Kier molecular flexibility index (Phi) is 3.47. The zero-order chi connectivity index (χ0) is 17.4. The molecule has 5 heteroatoms. The summed E-state index contributed by atoms with van der Waals surface area (Å²) in [4.78, 5) is 32.8. The first-order valence-corrected chi connectivity index (χ1v) is 7.67. The molecule has 0 aliphatic carbocycles. The summed E-state index contributed by atoms with van der Waals surface area (Å²) in [5.74, 6) is -1.14. The third-order valence-electron chi connectivity index (χ3n) is 3.99. The van der Waals surface area contributed by atoms with Gasteiger partial charge in [-0.2, -0.15) is 0 Å². The van der Waals surface area contributed by atoms with Crippen molar-refractivity contribution in [1.82, 2.24) is 9.97 Å². The van der Waals surface area contributed by atoms with Crippen molar-refractivity contribution >= 4 is 33.8 Å². The molecular formula is C20H12N2O3. The van der Waals surface area contributed by atoms with E-state index in [9.17, 15) is 14.7 Å². The van der Waals surface area contributed by atoms with E-state index in [0.29, 0.717) is 33.2 Å². The van der Waals surface area contributed by atoms with Gasteiger partial charge in [-0.1, -0.05) is 36.4 Å². The maximum absolute atomic E-state index is 12.6. The Labute approximate surface area is 142 Å².